The average molecular weight is 427 g/mol. The van der Waals surface area contributed by atoms with Gasteiger partial charge in [-0.1, -0.05) is 18.2 Å². The number of benzene rings is 2. The molecule has 0 aliphatic carbocycles. The third-order valence-corrected chi connectivity index (χ3v) is 6.45. The Labute approximate surface area is 176 Å². The van der Waals surface area contributed by atoms with E-state index < -0.39 is 15.4 Å². The predicted molar refractivity (Wildman–Crippen MR) is 115 cm³/mol. The van der Waals surface area contributed by atoms with Crippen LogP contribution in [-0.2, 0) is 16.7 Å². The van der Waals surface area contributed by atoms with Crippen molar-refractivity contribution in [2.24, 2.45) is 0 Å². The lowest BCUT2D eigenvalue weighted by molar-refractivity contribution is -0.697. The smallest absolute Gasteiger partial charge is 0.318 e. The fourth-order valence-corrected chi connectivity index (χ4v) is 4.72. The van der Waals surface area contributed by atoms with Crippen LogP contribution in [0.4, 0.5) is 11.4 Å². The number of para-hydroxylation sites is 1. The third kappa shape index (κ3) is 4.49. The monoisotopic (exact) mass is 426 g/mol. The lowest BCUT2D eigenvalue weighted by atomic mass is 10.2. The molecule has 1 unspecified atom stereocenters. The molecule has 0 amide bonds. The lowest BCUT2D eigenvalue weighted by Crippen LogP contribution is -2.35. The number of nitrogens with two attached hydrogens (primary N) is 1. The molecule has 156 valence electrons. The zero-order chi connectivity index (χ0) is 21.1. The Balaban J connectivity index is 1.44. The summed E-state index contributed by atoms with van der Waals surface area (Å²) in [6.45, 7) is 3.21. The number of nitrogens with one attached hydrogen (secondary N) is 1. The minimum atomic E-state index is -3.86. The van der Waals surface area contributed by atoms with Crippen molar-refractivity contribution < 1.29 is 21.9 Å². The highest BCUT2D eigenvalue weighted by atomic mass is 32.2. The van der Waals surface area contributed by atoms with Crippen molar-refractivity contribution in [1.82, 2.24) is 0 Å². The number of fused-ring (bicyclic) bond motifs is 1. The molecule has 2 aromatic carbocycles. The molecule has 30 heavy (non-hydrogen) atoms. The fraction of sp³-hybridized carbons (Fsp3) is 0.227. The van der Waals surface area contributed by atoms with Crippen molar-refractivity contribution in [3.63, 3.8) is 0 Å². The molecule has 4 rings (SSSR count). The summed E-state index contributed by atoms with van der Waals surface area (Å²) in [6.07, 6.45) is 3.76. The highest BCUT2D eigenvalue weighted by Crippen LogP contribution is 2.36. The van der Waals surface area contributed by atoms with Gasteiger partial charge in [-0.15, -0.1) is 0 Å². The number of ether oxygens (including phenoxy) is 1. The number of anilines is 2. The van der Waals surface area contributed by atoms with Crippen LogP contribution in [0, 0.1) is 6.92 Å². The molecule has 1 aliphatic rings. The second-order valence-electron chi connectivity index (χ2n) is 7.23. The van der Waals surface area contributed by atoms with Crippen molar-refractivity contribution in [1.29, 1.82) is 0 Å². The Morgan fingerprint density at radius 2 is 1.83 bits per heavy atom. The van der Waals surface area contributed by atoms with Crippen molar-refractivity contribution >= 4 is 21.5 Å². The Bertz CT molecular complexity index is 1150. The summed E-state index contributed by atoms with van der Waals surface area (Å²) in [7, 11) is -3.86. The molecule has 0 saturated carbocycles. The average Bonchev–Trinajstić information content (AvgIpc) is 3.14. The normalized spacial score (nSPS) is 15.3. The van der Waals surface area contributed by atoms with E-state index in [1.165, 1.54) is 0 Å². The predicted octanol–water partition coefficient (Wildman–Crippen LogP) is 2.82. The van der Waals surface area contributed by atoms with Crippen LogP contribution >= 0.6 is 0 Å². The summed E-state index contributed by atoms with van der Waals surface area (Å²) in [6, 6.07) is 16.1. The molecule has 1 atom stereocenters. The van der Waals surface area contributed by atoms with Crippen LogP contribution < -0.4 is 24.5 Å². The Morgan fingerprint density at radius 3 is 2.63 bits per heavy atom. The third-order valence-electron chi connectivity index (χ3n) is 4.91. The first-order valence-electron chi connectivity index (χ1n) is 9.66. The molecule has 2 heterocycles. The minimum Gasteiger partial charge on any atom is -0.487 e. The van der Waals surface area contributed by atoms with Gasteiger partial charge in [0.1, 0.15) is 23.4 Å². The molecule has 8 heteroatoms. The quantitative estimate of drug-likeness (QED) is 0.446. The first kappa shape index (κ1) is 20.0. The topological polar surface area (TPSA) is 94.5 Å². The van der Waals surface area contributed by atoms with Gasteiger partial charge >= 0.3 is 10.1 Å². The van der Waals surface area contributed by atoms with E-state index >= 15 is 0 Å². The highest BCUT2D eigenvalue weighted by molar-refractivity contribution is 7.87. The SMILES string of the molecule is Cc1cc(OCC[n+]2ccc(N)cc2)cc(OS(=O)(=O)C2CNc3ccccc32)c1. The van der Waals surface area contributed by atoms with Crippen LogP contribution in [0.5, 0.6) is 11.5 Å². The van der Waals surface area contributed by atoms with Gasteiger partial charge in [-0.05, 0) is 36.2 Å². The van der Waals surface area contributed by atoms with Gasteiger partial charge in [-0.3, -0.25) is 0 Å². The molecule has 0 saturated heterocycles. The zero-order valence-corrected chi connectivity index (χ0v) is 17.4. The molecule has 3 N–H and O–H groups in total. The van der Waals surface area contributed by atoms with Gasteiger partial charge in [-0.2, -0.15) is 8.42 Å². The number of aromatic nitrogens is 1. The molecule has 1 aliphatic heterocycles. The summed E-state index contributed by atoms with van der Waals surface area (Å²) >= 11 is 0. The van der Waals surface area contributed by atoms with Crippen LogP contribution in [0.2, 0.25) is 0 Å². The summed E-state index contributed by atoms with van der Waals surface area (Å²) < 4.78 is 39.0. The number of aryl methyl sites for hydroxylation is 1. The van der Waals surface area contributed by atoms with E-state index in [9.17, 15) is 8.42 Å². The standard InChI is InChI=1S/C22H23N3O4S/c1-16-12-18(28-11-10-25-8-6-17(23)7-9-25)14-19(13-16)29-30(26,27)22-15-24-21-5-3-2-4-20(21)22/h2-9,12-14,22-24H,10-11,15H2,1H3/p+1. The number of hydrogen-bond donors (Lipinski definition) is 2. The number of rotatable bonds is 7. The molecular weight excluding hydrogens is 402 g/mol. The largest absolute Gasteiger partial charge is 0.487 e. The summed E-state index contributed by atoms with van der Waals surface area (Å²) in [5.74, 6) is 0.802. The van der Waals surface area contributed by atoms with Crippen LogP contribution in [0.3, 0.4) is 0 Å². The maximum absolute atomic E-state index is 12.9. The number of hydrogen-bond acceptors (Lipinski definition) is 6. The first-order valence-corrected chi connectivity index (χ1v) is 11.1. The molecule has 0 bridgehead atoms. The summed E-state index contributed by atoms with van der Waals surface area (Å²) in [5.41, 5.74) is 8.79. The van der Waals surface area contributed by atoms with Gasteiger partial charge < -0.3 is 20.0 Å². The highest BCUT2D eigenvalue weighted by Gasteiger charge is 2.35. The molecular formula is C22H24N3O4S+. The second-order valence-corrected chi connectivity index (χ2v) is 8.95. The molecule has 1 aromatic heterocycles. The van der Waals surface area contributed by atoms with Crippen LogP contribution in [0.25, 0.3) is 0 Å². The van der Waals surface area contributed by atoms with Gasteiger partial charge in [0.15, 0.2) is 18.9 Å². The van der Waals surface area contributed by atoms with Crippen LogP contribution in [0.1, 0.15) is 16.4 Å². The Morgan fingerprint density at radius 1 is 1.10 bits per heavy atom. The van der Waals surface area contributed by atoms with E-state index in [1.54, 1.807) is 18.2 Å². The van der Waals surface area contributed by atoms with E-state index in [-0.39, 0.29) is 12.3 Å². The van der Waals surface area contributed by atoms with E-state index in [0.717, 1.165) is 16.8 Å². The number of nitrogens with zero attached hydrogens (tertiary/aromatic N) is 1. The number of nitrogen functional groups attached to an aromatic ring is 1. The second kappa shape index (κ2) is 8.23. The Hall–Kier alpha value is -3.26. The van der Waals surface area contributed by atoms with E-state index in [1.807, 2.05) is 60.3 Å². The van der Waals surface area contributed by atoms with E-state index in [0.29, 0.717) is 24.6 Å². The molecule has 7 nitrogen and oxygen atoms in total. The zero-order valence-electron chi connectivity index (χ0n) is 16.6. The van der Waals surface area contributed by atoms with Gasteiger partial charge in [-0.25, -0.2) is 4.57 Å². The summed E-state index contributed by atoms with van der Waals surface area (Å²) in [5, 5.41) is 2.37. The van der Waals surface area contributed by atoms with Gasteiger partial charge in [0.05, 0.1) is 0 Å². The van der Waals surface area contributed by atoms with Crippen molar-refractivity contribution in [3.8, 4) is 11.5 Å². The Kier molecular flexibility index (Phi) is 5.50. The molecule has 3 aromatic rings. The molecule has 0 fully saturated rings. The van der Waals surface area contributed by atoms with Gasteiger partial charge in [0.2, 0.25) is 0 Å². The maximum Gasteiger partial charge on any atom is 0.318 e. The van der Waals surface area contributed by atoms with Crippen molar-refractivity contribution in [2.45, 2.75) is 18.7 Å². The van der Waals surface area contributed by atoms with Gasteiger partial charge in [0.25, 0.3) is 0 Å². The van der Waals surface area contributed by atoms with Crippen molar-refractivity contribution in [2.75, 3.05) is 24.2 Å². The summed E-state index contributed by atoms with van der Waals surface area (Å²) in [4.78, 5) is 0. The first-order chi connectivity index (χ1) is 14.4. The number of pyridine rings is 1. The fourth-order valence-electron chi connectivity index (χ4n) is 3.43. The van der Waals surface area contributed by atoms with Gasteiger partial charge in [0, 0.05) is 36.1 Å². The van der Waals surface area contributed by atoms with E-state index in [2.05, 4.69) is 5.32 Å². The lowest BCUT2D eigenvalue weighted by Gasteiger charge is -2.14. The molecule has 0 spiro atoms. The molecule has 0 radical (unpaired) electrons. The van der Waals surface area contributed by atoms with Crippen molar-refractivity contribution in [3.05, 3.63) is 78.1 Å². The van der Waals surface area contributed by atoms with E-state index in [4.69, 9.17) is 14.7 Å². The van der Waals surface area contributed by atoms with Crippen LogP contribution in [-0.4, -0.2) is 21.6 Å². The maximum atomic E-state index is 12.9. The van der Waals surface area contributed by atoms with Crippen LogP contribution in [0.15, 0.2) is 67.0 Å². The minimum absolute atomic E-state index is 0.245.